The molecule has 0 bridgehead atoms. The fourth-order valence-electron chi connectivity index (χ4n) is 6.88. The molecule has 9 rings (SSSR count). The van der Waals surface area contributed by atoms with Gasteiger partial charge in [0.15, 0.2) is 5.75 Å². The van der Waals surface area contributed by atoms with Crippen LogP contribution in [0.15, 0.2) is 188 Å². The molecule has 8 aromatic carbocycles. The Morgan fingerprint density at radius 3 is 1.42 bits per heavy atom. The van der Waals surface area contributed by atoms with Gasteiger partial charge in [-0.15, -0.1) is 0 Å². The van der Waals surface area contributed by atoms with E-state index < -0.39 is 0 Å². The van der Waals surface area contributed by atoms with Gasteiger partial charge in [0.2, 0.25) is 0 Å². The average Bonchev–Trinajstić information content (AvgIpc) is 3.17. The number of nitrogens with zero attached hydrogens (tertiary/aromatic N) is 1. The van der Waals surface area contributed by atoms with Gasteiger partial charge < -0.3 is 9.64 Å². The Bertz CT molecular complexity index is 2300. The number of benzene rings is 8. The molecule has 0 aliphatic carbocycles. The van der Waals surface area contributed by atoms with Gasteiger partial charge in [0.1, 0.15) is 5.75 Å². The van der Waals surface area contributed by atoms with Crippen molar-refractivity contribution in [1.29, 1.82) is 0 Å². The molecular formula is C46H31NO. The van der Waals surface area contributed by atoms with Crippen molar-refractivity contribution >= 4 is 27.8 Å². The van der Waals surface area contributed by atoms with Gasteiger partial charge in [-0.1, -0.05) is 146 Å². The maximum Gasteiger partial charge on any atom is 0.159 e. The molecule has 0 amide bonds. The topological polar surface area (TPSA) is 12.5 Å². The second-order valence-corrected chi connectivity index (χ2v) is 12.2. The molecule has 0 aromatic heterocycles. The van der Waals surface area contributed by atoms with Gasteiger partial charge >= 0.3 is 0 Å². The van der Waals surface area contributed by atoms with Gasteiger partial charge in [-0.05, 0) is 86.8 Å². The van der Waals surface area contributed by atoms with E-state index in [9.17, 15) is 0 Å². The van der Waals surface area contributed by atoms with Crippen LogP contribution in [-0.2, 0) is 0 Å². The Hall–Kier alpha value is -6.38. The van der Waals surface area contributed by atoms with Crippen molar-refractivity contribution in [2.45, 2.75) is 0 Å². The summed E-state index contributed by atoms with van der Waals surface area (Å²) >= 11 is 0. The van der Waals surface area contributed by atoms with E-state index in [4.69, 9.17) is 4.74 Å². The molecule has 0 saturated heterocycles. The molecule has 0 fully saturated rings. The lowest BCUT2D eigenvalue weighted by Gasteiger charge is -2.31. The summed E-state index contributed by atoms with van der Waals surface area (Å²) in [4.78, 5) is 2.32. The van der Waals surface area contributed by atoms with Crippen molar-refractivity contribution in [3.05, 3.63) is 188 Å². The smallest absolute Gasteiger partial charge is 0.159 e. The Balaban J connectivity index is 1.21. The fraction of sp³-hybridized carbons (Fsp3) is 0. The first kappa shape index (κ1) is 27.9. The predicted molar refractivity (Wildman–Crippen MR) is 200 cm³/mol. The van der Waals surface area contributed by atoms with E-state index >= 15 is 0 Å². The Morgan fingerprint density at radius 1 is 0.354 bits per heavy atom. The first-order chi connectivity index (χ1) is 23.8. The van der Waals surface area contributed by atoms with Crippen LogP contribution in [0.4, 0.5) is 17.1 Å². The third-order valence-corrected chi connectivity index (χ3v) is 9.27. The first-order valence-corrected chi connectivity index (χ1v) is 16.3. The van der Waals surface area contributed by atoms with Gasteiger partial charge in [0.25, 0.3) is 0 Å². The minimum absolute atomic E-state index is 0.862. The Kier molecular flexibility index (Phi) is 6.84. The second kappa shape index (κ2) is 11.8. The number of hydrogen-bond acceptors (Lipinski definition) is 2. The maximum atomic E-state index is 6.94. The summed E-state index contributed by atoms with van der Waals surface area (Å²) in [6.45, 7) is 0. The first-order valence-electron chi connectivity index (χ1n) is 16.3. The van der Waals surface area contributed by atoms with Gasteiger partial charge in [0, 0.05) is 22.3 Å². The lowest BCUT2D eigenvalue weighted by molar-refractivity contribution is 0.488. The predicted octanol–water partition coefficient (Wildman–Crippen LogP) is 13.1. The normalized spacial score (nSPS) is 11.5. The van der Waals surface area contributed by atoms with E-state index in [2.05, 4.69) is 193 Å². The second-order valence-electron chi connectivity index (χ2n) is 12.2. The van der Waals surface area contributed by atoms with Gasteiger partial charge in [-0.3, -0.25) is 0 Å². The van der Waals surface area contributed by atoms with Crippen molar-refractivity contribution in [3.63, 3.8) is 0 Å². The lowest BCUT2D eigenvalue weighted by Crippen LogP contribution is -2.12. The molecule has 1 aliphatic rings. The summed E-state index contributed by atoms with van der Waals surface area (Å²) in [5.41, 5.74) is 12.5. The van der Waals surface area contributed by atoms with Crippen molar-refractivity contribution in [1.82, 2.24) is 0 Å². The summed E-state index contributed by atoms with van der Waals surface area (Å²) in [5, 5.41) is 2.28. The van der Waals surface area contributed by atoms with Crippen molar-refractivity contribution in [3.8, 4) is 56.0 Å². The molecule has 0 saturated carbocycles. The number of rotatable bonds is 6. The molecule has 0 spiro atoms. The molecule has 2 nitrogen and oxygen atoms in total. The molecule has 226 valence electrons. The molecule has 1 aliphatic heterocycles. The van der Waals surface area contributed by atoms with E-state index in [1.807, 2.05) is 0 Å². The standard InChI is InChI=1S/C46H31NO/c1-4-11-32(12-5-1)35-19-25-39(26-20-35)47(40-27-21-36(22-28-40)33-13-6-2-7-14-33)43-29-23-37-17-10-18-41-42-31-38(34-15-8-3-9-16-34)24-30-44(42)48-46(43)45(37)41/h1-31H. The highest BCUT2D eigenvalue weighted by Crippen LogP contribution is 2.53. The summed E-state index contributed by atoms with van der Waals surface area (Å²) < 4.78 is 6.94. The van der Waals surface area contributed by atoms with Crippen LogP contribution in [0.2, 0.25) is 0 Å². The molecule has 1 heterocycles. The Morgan fingerprint density at radius 2 is 0.854 bits per heavy atom. The molecule has 8 aromatic rings. The van der Waals surface area contributed by atoms with Crippen molar-refractivity contribution < 1.29 is 4.74 Å². The van der Waals surface area contributed by atoms with Crippen LogP contribution in [0.5, 0.6) is 11.5 Å². The molecule has 0 unspecified atom stereocenters. The fourth-order valence-corrected chi connectivity index (χ4v) is 6.88. The Labute approximate surface area is 280 Å². The highest BCUT2D eigenvalue weighted by molar-refractivity contribution is 6.08. The molecule has 0 N–H and O–H groups in total. The van der Waals surface area contributed by atoms with Crippen LogP contribution >= 0.6 is 0 Å². The average molecular weight is 614 g/mol. The maximum absolute atomic E-state index is 6.94. The largest absolute Gasteiger partial charge is 0.454 e. The number of anilines is 3. The molecular weight excluding hydrogens is 583 g/mol. The zero-order valence-corrected chi connectivity index (χ0v) is 26.3. The number of fused-ring (bicyclic) bond motifs is 2. The van der Waals surface area contributed by atoms with E-state index in [-0.39, 0.29) is 0 Å². The number of ether oxygens (including phenoxy) is 1. The van der Waals surface area contributed by atoms with Crippen LogP contribution in [0.3, 0.4) is 0 Å². The van der Waals surface area contributed by atoms with Crippen LogP contribution in [0.1, 0.15) is 0 Å². The zero-order valence-electron chi connectivity index (χ0n) is 26.3. The number of hydrogen-bond donors (Lipinski definition) is 0. The van der Waals surface area contributed by atoms with Gasteiger partial charge in [-0.2, -0.15) is 0 Å². The molecule has 0 radical (unpaired) electrons. The van der Waals surface area contributed by atoms with Crippen LogP contribution < -0.4 is 9.64 Å². The third kappa shape index (κ3) is 4.92. The monoisotopic (exact) mass is 613 g/mol. The molecule has 2 heteroatoms. The van der Waals surface area contributed by atoms with E-state index in [1.54, 1.807) is 0 Å². The van der Waals surface area contributed by atoms with E-state index in [0.717, 1.165) is 44.9 Å². The van der Waals surface area contributed by atoms with Crippen molar-refractivity contribution in [2.75, 3.05) is 4.90 Å². The summed E-state index contributed by atoms with van der Waals surface area (Å²) in [7, 11) is 0. The van der Waals surface area contributed by atoms with Gasteiger partial charge in [0.05, 0.1) is 5.69 Å². The van der Waals surface area contributed by atoms with E-state index in [0.29, 0.717) is 0 Å². The molecule has 48 heavy (non-hydrogen) atoms. The van der Waals surface area contributed by atoms with Crippen molar-refractivity contribution in [2.24, 2.45) is 0 Å². The van der Waals surface area contributed by atoms with Crippen LogP contribution in [0.25, 0.3) is 55.3 Å². The molecule has 0 atom stereocenters. The van der Waals surface area contributed by atoms with Crippen LogP contribution in [-0.4, -0.2) is 0 Å². The minimum Gasteiger partial charge on any atom is -0.454 e. The zero-order chi connectivity index (χ0) is 31.9. The van der Waals surface area contributed by atoms with Gasteiger partial charge in [-0.25, -0.2) is 0 Å². The SMILES string of the molecule is c1ccc(-c2ccc(N(c3ccc(-c4ccccc4)cc3)c3ccc4cccc5c4c3Oc3ccc(-c4ccccc4)cc3-5)cc2)cc1. The highest BCUT2D eigenvalue weighted by atomic mass is 16.5. The third-order valence-electron chi connectivity index (χ3n) is 9.27. The summed E-state index contributed by atoms with van der Waals surface area (Å²) in [5.74, 6) is 1.73. The highest BCUT2D eigenvalue weighted by Gasteiger charge is 2.27. The quantitative estimate of drug-likeness (QED) is 0.185. The van der Waals surface area contributed by atoms with E-state index in [1.165, 1.54) is 38.9 Å². The summed E-state index contributed by atoms with van der Waals surface area (Å²) in [6.07, 6.45) is 0. The minimum atomic E-state index is 0.862. The summed E-state index contributed by atoms with van der Waals surface area (Å²) in [6, 6.07) is 66.7. The van der Waals surface area contributed by atoms with Crippen LogP contribution in [0, 0.1) is 0 Å². The lowest BCUT2D eigenvalue weighted by atomic mass is 9.91.